The fourth-order valence-electron chi connectivity index (χ4n) is 1.92. The largest absolute Gasteiger partial charge is 0.381 e. The number of hydrogen-bond donors (Lipinski definition) is 2. The Morgan fingerprint density at radius 3 is 2.82 bits per heavy atom. The van der Waals surface area contributed by atoms with Gasteiger partial charge in [0.1, 0.15) is 0 Å². The van der Waals surface area contributed by atoms with Gasteiger partial charge in [-0.1, -0.05) is 13.0 Å². The molecule has 1 saturated heterocycles. The van der Waals surface area contributed by atoms with E-state index >= 15 is 0 Å². The second kappa shape index (κ2) is 4.88. The summed E-state index contributed by atoms with van der Waals surface area (Å²) < 4.78 is 22.4. The molecule has 1 aromatic rings. The van der Waals surface area contributed by atoms with Gasteiger partial charge in [0.05, 0.1) is 4.90 Å². The van der Waals surface area contributed by atoms with Crippen LogP contribution in [0.5, 0.6) is 0 Å². The van der Waals surface area contributed by atoms with Crippen molar-refractivity contribution in [1.82, 2.24) is 0 Å². The van der Waals surface area contributed by atoms with Crippen molar-refractivity contribution in [2.75, 3.05) is 11.1 Å². The molecule has 2 unspecified atom stereocenters. The predicted octanol–water partition coefficient (Wildman–Crippen LogP) is 1.64. The van der Waals surface area contributed by atoms with Crippen LogP contribution in [0.25, 0.3) is 0 Å². The lowest BCUT2D eigenvalue weighted by Gasteiger charge is -2.13. The van der Waals surface area contributed by atoms with Crippen LogP contribution in [0.1, 0.15) is 13.3 Å². The normalized spacial score (nSPS) is 24.8. The van der Waals surface area contributed by atoms with E-state index in [9.17, 15) is 8.42 Å². The van der Waals surface area contributed by atoms with Gasteiger partial charge in [-0.25, -0.2) is 13.6 Å². The number of hydrogen-bond acceptors (Lipinski definition) is 4. The van der Waals surface area contributed by atoms with Gasteiger partial charge in [0.15, 0.2) is 0 Å². The van der Waals surface area contributed by atoms with Crippen LogP contribution in [0.3, 0.4) is 0 Å². The lowest BCUT2D eigenvalue weighted by molar-refractivity contribution is 0.598. The molecule has 2 rings (SSSR count). The van der Waals surface area contributed by atoms with E-state index in [1.165, 1.54) is 6.07 Å². The molecule has 1 aromatic carbocycles. The number of sulfonamides is 1. The first kappa shape index (κ1) is 12.7. The number of anilines is 1. The minimum absolute atomic E-state index is 0.154. The van der Waals surface area contributed by atoms with Crippen molar-refractivity contribution < 1.29 is 8.42 Å². The second-order valence-electron chi connectivity index (χ2n) is 4.29. The number of rotatable bonds is 3. The van der Waals surface area contributed by atoms with Gasteiger partial charge in [0.25, 0.3) is 0 Å². The molecule has 0 amide bonds. The van der Waals surface area contributed by atoms with Crippen molar-refractivity contribution in [3.63, 3.8) is 0 Å². The molecule has 0 radical (unpaired) electrons. The maximum absolute atomic E-state index is 11.2. The molecule has 0 bridgehead atoms. The van der Waals surface area contributed by atoms with Crippen LogP contribution in [0, 0.1) is 0 Å². The number of benzene rings is 1. The summed E-state index contributed by atoms with van der Waals surface area (Å²) in [5, 5.41) is 9.10. The molecule has 6 heteroatoms. The molecule has 1 aliphatic rings. The number of thioether (sulfide) groups is 1. The van der Waals surface area contributed by atoms with E-state index in [4.69, 9.17) is 5.14 Å². The maximum Gasteiger partial charge on any atom is 0.238 e. The van der Waals surface area contributed by atoms with E-state index in [1.54, 1.807) is 12.1 Å². The molecule has 1 aliphatic heterocycles. The molecule has 94 valence electrons. The Bertz CT molecular complexity index is 502. The SMILES string of the molecule is CC1CC(Nc2cccc(S(N)(=O)=O)c2)CS1. The fourth-order valence-corrected chi connectivity index (χ4v) is 3.62. The Hall–Kier alpha value is -0.720. The summed E-state index contributed by atoms with van der Waals surface area (Å²) >= 11 is 1.93. The van der Waals surface area contributed by atoms with E-state index in [0.29, 0.717) is 11.3 Å². The summed E-state index contributed by atoms with van der Waals surface area (Å²) in [4.78, 5) is 0.154. The standard InChI is InChI=1S/C11H16N2O2S2/c1-8-5-10(7-16-8)13-9-3-2-4-11(6-9)17(12,14)15/h2-4,6,8,10,13H,5,7H2,1H3,(H2,12,14,15). The number of nitrogens with one attached hydrogen (secondary N) is 1. The van der Waals surface area contributed by atoms with Gasteiger partial charge in [-0.3, -0.25) is 0 Å². The molecule has 1 heterocycles. The average molecular weight is 272 g/mol. The van der Waals surface area contributed by atoms with Crippen LogP contribution in [0.15, 0.2) is 29.2 Å². The van der Waals surface area contributed by atoms with Gasteiger partial charge in [0.2, 0.25) is 10.0 Å². The van der Waals surface area contributed by atoms with Crippen molar-refractivity contribution in [1.29, 1.82) is 0 Å². The Morgan fingerprint density at radius 1 is 1.47 bits per heavy atom. The lowest BCUT2D eigenvalue weighted by atomic mass is 10.2. The van der Waals surface area contributed by atoms with E-state index < -0.39 is 10.0 Å². The molecule has 17 heavy (non-hydrogen) atoms. The summed E-state index contributed by atoms with van der Waals surface area (Å²) in [5.74, 6) is 1.06. The fraction of sp³-hybridized carbons (Fsp3) is 0.455. The predicted molar refractivity (Wildman–Crippen MR) is 71.8 cm³/mol. The van der Waals surface area contributed by atoms with E-state index in [0.717, 1.165) is 17.9 Å². The highest BCUT2D eigenvalue weighted by molar-refractivity contribution is 8.00. The molecule has 0 saturated carbocycles. The van der Waals surface area contributed by atoms with Crippen LogP contribution in [-0.4, -0.2) is 25.5 Å². The third-order valence-corrected chi connectivity index (χ3v) is 5.00. The number of nitrogens with two attached hydrogens (primary N) is 1. The minimum atomic E-state index is -3.61. The van der Waals surface area contributed by atoms with Crippen LogP contribution in [-0.2, 0) is 10.0 Å². The Labute approximate surface area is 106 Å². The van der Waals surface area contributed by atoms with Gasteiger partial charge in [0, 0.05) is 22.7 Å². The van der Waals surface area contributed by atoms with Gasteiger partial charge >= 0.3 is 0 Å². The zero-order valence-corrected chi connectivity index (χ0v) is 11.2. The highest BCUT2D eigenvalue weighted by Gasteiger charge is 2.21. The van der Waals surface area contributed by atoms with Crippen LogP contribution < -0.4 is 10.5 Å². The number of primary sulfonamides is 1. The van der Waals surface area contributed by atoms with Gasteiger partial charge in [-0.15, -0.1) is 0 Å². The van der Waals surface area contributed by atoms with Gasteiger partial charge in [-0.05, 0) is 24.6 Å². The quantitative estimate of drug-likeness (QED) is 0.877. The second-order valence-corrected chi connectivity index (χ2v) is 7.33. The van der Waals surface area contributed by atoms with Crippen LogP contribution in [0.2, 0.25) is 0 Å². The Kier molecular flexibility index (Phi) is 3.65. The van der Waals surface area contributed by atoms with Crippen LogP contribution in [0.4, 0.5) is 5.69 Å². The van der Waals surface area contributed by atoms with Crippen molar-refractivity contribution in [3.05, 3.63) is 24.3 Å². The average Bonchev–Trinajstić information content (AvgIpc) is 2.63. The third-order valence-electron chi connectivity index (χ3n) is 2.73. The molecule has 0 aromatic heterocycles. The zero-order valence-electron chi connectivity index (χ0n) is 9.59. The smallest absolute Gasteiger partial charge is 0.238 e. The summed E-state index contributed by atoms with van der Waals surface area (Å²) in [5.41, 5.74) is 0.816. The molecular formula is C11H16N2O2S2. The molecule has 1 fully saturated rings. The highest BCUT2D eigenvalue weighted by Crippen LogP contribution is 2.28. The first-order valence-corrected chi connectivity index (χ1v) is 8.05. The summed E-state index contributed by atoms with van der Waals surface area (Å²) in [6, 6.07) is 7.07. The molecule has 4 nitrogen and oxygen atoms in total. The van der Waals surface area contributed by atoms with Gasteiger partial charge < -0.3 is 5.32 Å². The van der Waals surface area contributed by atoms with Crippen LogP contribution >= 0.6 is 11.8 Å². The highest BCUT2D eigenvalue weighted by atomic mass is 32.2. The molecule has 3 N–H and O–H groups in total. The topological polar surface area (TPSA) is 72.2 Å². The van der Waals surface area contributed by atoms with Gasteiger partial charge in [-0.2, -0.15) is 11.8 Å². The Balaban J connectivity index is 2.12. The summed E-state index contributed by atoms with van der Waals surface area (Å²) in [6.07, 6.45) is 1.10. The Morgan fingerprint density at radius 2 is 2.24 bits per heavy atom. The minimum Gasteiger partial charge on any atom is -0.381 e. The molecule has 0 aliphatic carbocycles. The first-order valence-electron chi connectivity index (χ1n) is 5.46. The van der Waals surface area contributed by atoms with Crippen molar-refractivity contribution in [2.24, 2.45) is 5.14 Å². The monoisotopic (exact) mass is 272 g/mol. The van der Waals surface area contributed by atoms with Crippen molar-refractivity contribution in [3.8, 4) is 0 Å². The zero-order chi connectivity index (χ0) is 12.5. The lowest BCUT2D eigenvalue weighted by Crippen LogP contribution is -2.19. The molecular weight excluding hydrogens is 256 g/mol. The maximum atomic E-state index is 11.2. The summed E-state index contributed by atoms with van der Waals surface area (Å²) in [7, 11) is -3.61. The molecule has 2 atom stereocenters. The summed E-state index contributed by atoms with van der Waals surface area (Å²) in [6.45, 7) is 2.20. The molecule has 0 spiro atoms. The first-order chi connectivity index (χ1) is 7.95. The van der Waals surface area contributed by atoms with Crippen molar-refractivity contribution >= 4 is 27.5 Å². The van der Waals surface area contributed by atoms with E-state index in [-0.39, 0.29) is 4.90 Å². The van der Waals surface area contributed by atoms with E-state index in [2.05, 4.69) is 12.2 Å². The van der Waals surface area contributed by atoms with E-state index in [1.807, 2.05) is 17.8 Å². The van der Waals surface area contributed by atoms with Crippen molar-refractivity contribution in [2.45, 2.75) is 29.5 Å². The third kappa shape index (κ3) is 3.37.